The summed E-state index contributed by atoms with van der Waals surface area (Å²) in [6.45, 7) is 6.15. The summed E-state index contributed by atoms with van der Waals surface area (Å²) in [5.74, 6) is 2.66. The van der Waals surface area contributed by atoms with Gasteiger partial charge in [-0.05, 0) is 39.0 Å². The number of hydrogen-bond acceptors (Lipinski definition) is 4. The van der Waals surface area contributed by atoms with Crippen LogP contribution in [0.3, 0.4) is 0 Å². The molecule has 1 atom stereocenters. The fourth-order valence-corrected chi connectivity index (χ4v) is 2.50. The topological polar surface area (TPSA) is 52.3 Å². The number of carbonyl (C=O) groups excluding carboxylic acids is 1. The molecule has 1 unspecified atom stereocenters. The molecule has 1 aromatic rings. The van der Waals surface area contributed by atoms with Crippen LogP contribution in [0.4, 0.5) is 0 Å². The van der Waals surface area contributed by atoms with Crippen molar-refractivity contribution in [2.45, 2.75) is 32.6 Å². The van der Waals surface area contributed by atoms with Gasteiger partial charge in [0.1, 0.15) is 5.75 Å². The molecule has 0 fully saturated rings. The van der Waals surface area contributed by atoms with Gasteiger partial charge in [-0.2, -0.15) is 11.8 Å². The Balaban J connectivity index is 2.82. The largest absolute Gasteiger partial charge is 0.494 e. The number of ketones is 1. The van der Waals surface area contributed by atoms with Crippen LogP contribution in [0.25, 0.3) is 0 Å². The van der Waals surface area contributed by atoms with E-state index in [1.54, 1.807) is 18.7 Å². The van der Waals surface area contributed by atoms with Crippen LogP contribution in [0.1, 0.15) is 36.7 Å². The molecule has 0 bridgehead atoms. The molecule has 3 nitrogen and oxygen atoms in total. The molecule has 0 amide bonds. The summed E-state index contributed by atoms with van der Waals surface area (Å²) in [5, 5.41) is 0. The highest BCUT2D eigenvalue weighted by Gasteiger charge is 2.08. The van der Waals surface area contributed by atoms with Crippen LogP contribution >= 0.6 is 11.8 Å². The third-order valence-electron chi connectivity index (χ3n) is 2.41. The van der Waals surface area contributed by atoms with Gasteiger partial charge in [-0.25, -0.2) is 0 Å². The molecule has 4 heteroatoms. The third kappa shape index (κ3) is 4.70. The quantitative estimate of drug-likeness (QED) is 0.772. The van der Waals surface area contributed by atoms with Gasteiger partial charge in [0.25, 0.3) is 0 Å². The van der Waals surface area contributed by atoms with Crippen molar-refractivity contribution < 1.29 is 9.53 Å². The number of rotatable bonds is 7. The number of ether oxygens (including phenoxy) is 1. The second-order valence-corrected chi connectivity index (χ2v) is 5.33. The average molecular weight is 267 g/mol. The van der Waals surface area contributed by atoms with E-state index in [1.165, 1.54) is 0 Å². The summed E-state index contributed by atoms with van der Waals surface area (Å²) in [7, 11) is 0. The van der Waals surface area contributed by atoms with E-state index in [-0.39, 0.29) is 11.8 Å². The maximum Gasteiger partial charge on any atom is 0.159 e. The van der Waals surface area contributed by atoms with E-state index in [2.05, 4.69) is 0 Å². The van der Waals surface area contributed by atoms with Gasteiger partial charge in [0, 0.05) is 28.7 Å². The smallest absolute Gasteiger partial charge is 0.159 e. The van der Waals surface area contributed by atoms with Crippen molar-refractivity contribution in [3.63, 3.8) is 0 Å². The SMILES string of the molecule is CCOc1ccc(C(C)=O)cc1CSCC(C)N. The van der Waals surface area contributed by atoms with E-state index in [9.17, 15) is 4.79 Å². The molecule has 100 valence electrons. The van der Waals surface area contributed by atoms with Crippen molar-refractivity contribution in [2.75, 3.05) is 12.4 Å². The zero-order valence-electron chi connectivity index (χ0n) is 11.2. The zero-order valence-corrected chi connectivity index (χ0v) is 12.0. The zero-order chi connectivity index (χ0) is 13.5. The molecule has 0 spiro atoms. The minimum absolute atomic E-state index is 0.0801. The van der Waals surface area contributed by atoms with Crippen molar-refractivity contribution in [3.05, 3.63) is 29.3 Å². The Kier molecular flexibility index (Phi) is 6.22. The summed E-state index contributed by atoms with van der Waals surface area (Å²) < 4.78 is 5.57. The number of thioether (sulfide) groups is 1. The van der Waals surface area contributed by atoms with Crippen molar-refractivity contribution in [1.29, 1.82) is 0 Å². The highest BCUT2D eigenvalue weighted by molar-refractivity contribution is 7.98. The number of hydrogen-bond donors (Lipinski definition) is 1. The highest BCUT2D eigenvalue weighted by atomic mass is 32.2. The molecule has 0 aliphatic rings. The Morgan fingerprint density at radius 1 is 1.50 bits per heavy atom. The first-order valence-corrected chi connectivity index (χ1v) is 7.30. The van der Waals surface area contributed by atoms with E-state index in [0.29, 0.717) is 6.61 Å². The molecule has 2 N–H and O–H groups in total. The minimum Gasteiger partial charge on any atom is -0.494 e. The fourth-order valence-electron chi connectivity index (χ4n) is 1.56. The summed E-state index contributed by atoms with van der Waals surface area (Å²) in [4.78, 5) is 11.4. The lowest BCUT2D eigenvalue weighted by Gasteiger charge is -2.12. The van der Waals surface area contributed by atoms with E-state index in [0.717, 1.165) is 28.4 Å². The molecule has 0 aromatic heterocycles. The third-order valence-corrected chi connectivity index (χ3v) is 3.68. The van der Waals surface area contributed by atoms with Crippen LogP contribution in [0.2, 0.25) is 0 Å². The molecule has 0 aliphatic heterocycles. The molecule has 0 saturated carbocycles. The number of benzene rings is 1. The van der Waals surface area contributed by atoms with Gasteiger partial charge in [0.05, 0.1) is 6.61 Å². The second kappa shape index (κ2) is 7.44. The Bertz CT molecular complexity index is 405. The first kappa shape index (κ1) is 15.1. The van der Waals surface area contributed by atoms with Crippen molar-refractivity contribution in [2.24, 2.45) is 5.73 Å². The van der Waals surface area contributed by atoms with E-state index < -0.39 is 0 Å². The molecule has 0 saturated heterocycles. The summed E-state index contributed by atoms with van der Waals surface area (Å²) >= 11 is 1.76. The van der Waals surface area contributed by atoms with Gasteiger partial charge in [-0.3, -0.25) is 4.79 Å². The Hall–Kier alpha value is -1.00. The van der Waals surface area contributed by atoms with E-state index in [4.69, 9.17) is 10.5 Å². The molecule has 0 radical (unpaired) electrons. The fraction of sp³-hybridized carbons (Fsp3) is 0.500. The maximum absolute atomic E-state index is 11.4. The molecule has 0 aliphatic carbocycles. The molecular formula is C14H21NO2S. The van der Waals surface area contributed by atoms with Crippen LogP contribution in [0, 0.1) is 0 Å². The second-order valence-electron chi connectivity index (χ2n) is 4.30. The molecule has 1 aromatic carbocycles. The first-order chi connectivity index (χ1) is 8.54. The van der Waals surface area contributed by atoms with Crippen LogP contribution < -0.4 is 10.5 Å². The number of nitrogens with two attached hydrogens (primary N) is 1. The average Bonchev–Trinajstić information content (AvgIpc) is 2.30. The molecule has 1 rings (SSSR count). The van der Waals surface area contributed by atoms with Crippen LogP contribution in [0.5, 0.6) is 5.75 Å². The lowest BCUT2D eigenvalue weighted by Crippen LogP contribution is -2.17. The van der Waals surface area contributed by atoms with Crippen LogP contribution in [-0.2, 0) is 5.75 Å². The van der Waals surface area contributed by atoms with Crippen LogP contribution in [-0.4, -0.2) is 24.2 Å². The van der Waals surface area contributed by atoms with Crippen LogP contribution in [0.15, 0.2) is 18.2 Å². The van der Waals surface area contributed by atoms with Crippen molar-refractivity contribution >= 4 is 17.5 Å². The molecular weight excluding hydrogens is 246 g/mol. The minimum atomic E-state index is 0.0801. The summed E-state index contributed by atoms with van der Waals surface area (Å²) in [6.07, 6.45) is 0. The Morgan fingerprint density at radius 2 is 2.22 bits per heavy atom. The monoisotopic (exact) mass is 267 g/mol. The maximum atomic E-state index is 11.4. The highest BCUT2D eigenvalue weighted by Crippen LogP contribution is 2.25. The van der Waals surface area contributed by atoms with Crippen molar-refractivity contribution in [1.82, 2.24) is 0 Å². The number of Topliss-reactive ketones (excluding diaryl/α,β-unsaturated/α-hetero) is 1. The van der Waals surface area contributed by atoms with Crippen molar-refractivity contribution in [3.8, 4) is 5.75 Å². The van der Waals surface area contributed by atoms with Gasteiger partial charge in [0.2, 0.25) is 0 Å². The summed E-state index contributed by atoms with van der Waals surface area (Å²) in [5.41, 5.74) is 7.52. The van der Waals surface area contributed by atoms with Gasteiger partial charge in [0.15, 0.2) is 5.78 Å². The normalized spacial score (nSPS) is 12.2. The molecule has 0 heterocycles. The summed E-state index contributed by atoms with van der Waals surface area (Å²) in [6, 6.07) is 5.79. The van der Waals surface area contributed by atoms with Gasteiger partial charge < -0.3 is 10.5 Å². The first-order valence-electron chi connectivity index (χ1n) is 6.14. The van der Waals surface area contributed by atoms with Gasteiger partial charge in [-0.15, -0.1) is 0 Å². The Morgan fingerprint density at radius 3 is 2.78 bits per heavy atom. The standard InChI is InChI=1S/C14H21NO2S/c1-4-17-14-6-5-12(11(3)16)7-13(14)9-18-8-10(2)15/h5-7,10H,4,8-9,15H2,1-3H3. The van der Waals surface area contributed by atoms with Gasteiger partial charge in [-0.1, -0.05) is 0 Å². The lowest BCUT2D eigenvalue weighted by atomic mass is 10.1. The molecule has 18 heavy (non-hydrogen) atoms. The predicted molar refractivity (Wildman–Crippen MR) is 77.4 cm³/mol. The van der Waals surface area contributed by atoms with E-state index >= 15 is 0 Å². The predicted octanol–water partition coefficient (Wildman–Crippen LogP) is 2.87. The lowest BCUT2D eigenvalue weighted by molar-refractivity contribution is 0.101. The van der Waals surface area contributed by atoms with E-state index in [1.807, 2.05) is 32.0 Å². The number of carbonyl (C=O) groups is 1. The Labute approximate surface area is 113 Å². The van der Waals surface area contributed by atoms with Gasteiger partial charge >= 0.3 is 0 Å².